The van der Waals surface area contributed by atoms with Crippen molar-refractivity contribution in [2.45, 2.75) is 39.7 Å². The van der Waals surface area contributed by atoms with E-state index in [1.54, 1.807) is 17.0 Å². The highest BCUT2D eigenvalue weighted by Gasteiger charge is 2.11. The summed E-state index contributed by atoms with van der Waals surface area (Å²) in [5.41, 5.74) is 0.512. The van der Waals surface area contributed by atoms with Crippen LogP contribution < -0.4 is 10.2 Å². The van der Waals surface area contributed by atoms with Crippen LogP contribution in [0, 0.1) is 11.3 Å². The van der Waals surface area contributed by atoms with Gasteiger partial charge in [0.15, 0.2) is 0 Å². The zero-order valence-corrected chi connectivity index (χ0v) is 15.2. The molecule has 0 aliphatic carbocycles. The van der Waals surface area contributed by atoms with Crippen molar-refractivity contribution in [2.24, 2.45) is 0 Å². The Morgan fingerprint density at radius 2 is 2.08 bits per heavy atom. The first-order valence-corrected chi connectivity index (χ1v) is 8.59. The van der Waals surface area contributed by atoms with E-state index in [-0.39, 0.29) is 18.5 Å². The van der Waals surface area contributed by atoms with Crippen molar-refractivity contribution < 1.29 is 4.79 Å². The lowest BCUT2D eigenvalue weighted by Gasteiger charge is -2.21. The Morgan fingerprint density at radius 1 is 1.38 bits per heavy atom. The van der Waals surface area contributed by atoms with E-state index in [0.717, 1.165) is 32.5 Å². The van der Waals surface area contributed by atoms with Gasteiger partial charge in [0.1, 0.15) is 11.9 Å². The second-order valence-electron chi connectivity index (χ2n) is 6.01. The van der Waals surface area contributed by atoms with Crippen LogP contribution in [-0.4, -0.2) is 55.1 Å². The van der Waals surface area contributed by atoms with E-state index in [1.165, 1.54) is 6.20 Å². The fourth-order valence-corrected chi connectivity index (χ4v) is 2.53. The summed E-state index contributed by atoms with van der Waals surface area (Å²) in [7, 11) is 1.82. The number of carbonyl (C=O) groups excluding carboxylic acids is 1. The molecule has 6 heteroatoms. The number of amides is 1. The summed E-state index contributed by atoms with van der Waals surface area (Å²) >= 11 is 0. The fraction of sp³-hybridized carbons (Fsp3) is 0.611. The van der Waals surface area contributed by atoms with E-state index in [4.69, 9.17) is 5.26 Å². The highest BCUT2D eigenvalue weighted by molar-refractivity contribution is 5.81. The van der Waals surface area contributed by atoms with E-state index in [1.807, 2.05) is 20.0 Å². The largest absolute Gasteiger partial charge is 0.352 e. The summed E-state index contributed by atoms with van der Waals surface area (Å²) in [5, 5.41) is 11.8. The van der Waals surface area contributed by atoms with Crippen molar-refractivity contribution in [3.63, 3.8) is 0 Å². The summed E-state index contributed by atoms with van der Waals surface area (Å²) in [6.45, 7) is 9.84. The number of hydrogen-bond donors (Lipinski definition) is 1. The molecule has 0 aliphatic rings. The first-order chi connectivity index (χ1) is 11.5. The second kappa shape index (κ2) is 10.6. The molecule has 0 aliphatic heterocycles. The number of anilines is 1. The van der Waals surface area contributed by atoms with E-state index in [9.17, 15) is 4.79 Å². The summed E-state index contributed by atoms with van der Waals surface area (Å²) in [6, 6.07) is 5.64. The molecule has 1 atom stereocenters. The summed E-state index contributed by atoms with van der Waals surface area (Å²) < 4.78 is 0. The first kappa shape index (κ1) is 19.9. The van der Waals surface area contributed by atoms with Gasteiger partial charge in [0.05, 0.1) is 12.1 Å². The Morgan fingerprint density at radius 3 is 2.62 bits per heavy atom. The van der Waals surface area contributed by atoms with Crippen molar-refractivity contribution in [2.75, 3.05) is 38.1 Å². The summed E-state index contributed by atoms with van der Waals surface area (Å²) in [4.78, 5) is 20.5. The highest BCUT2D eigenvalue weighted by Crippen LogP contribution is 2.08. The number of nitriles is 1. The lowest BCUT2D eigenvalue weighted by Crippen LogP contribution is -2.40. The lowest BCUT2D eigenvalue weighted by molar-refractivity contribution is -0.120. The molecule has 1 heterocycles. The van der Waals surface area contributed by atoms with Crippen molar-refractivity contribution >= 4 is 11.7 Å². The smallest absolute Gasteiger partial charge is 0.239 e. The standard InChI is InChI=1S/C18H29N5O/c1-5-23(6-2)11-7-8-15(3)21-18(24)14-22(4)17-10-9-16(12-19)13-20-17/h9-10,13,15H,5-8,11,14H2,1-4H3,(H,21,24)/t15-/m0/s1. The maximum Gasteiger partial charge on any atom is 0.239 e. The van der Waals surface area contributed by atoms with Crippen LogP contribution in [-0.2, 0) is 4.79 Å². The number of carbonyl (C=O) groups is 1. The molecule has 1 aromatic rings. The number of likely N-dealkylation sites (N-methyl/N-ethyl adjacent to an activating group) is 1. The predicted octanol–water partition coefficient (Wildman–Crippen LogP) is 2.02. The van der Waals surface area contributed by atoms with Gasteiger partial charge in [-0.1, -0.05) is 13.8 Å². The Kier molecular flexibility index (Phi) is 8.80. The molecule has 0 fully saturated rings. The van der Waals surface area contributed by atoms with Gasteiger partial charge >= 0.3 is 0 Å². The topological polar surface area (TPSA) is 72.3 Å². The molecule has 0 unspecified atom stereocenters. The normalized spacial score (nSPS) is 11.8. The molecule has 0 saturated heterocycles. The average Bonchev–Trinajstić information content (AvgIpc) is 2.58. The van der Waals surface area contributed by atoms with Gasteiger partial charge in [-0.3, -0.25) is 4.79 Å². The number of rotatable bonds is 10. The SMILES string of the molecule is CCN(CC)CCC[C@H](C)NC(=O)CN(C)c1ccc(C#N)cn1. The van der Waals surface area contributed by atoms with Crippen LogP contribution in [0.5, 0.6) is 0 Å². The molecule has 132 valence electrons. The third kappa shape index (κ3) is 6.97. The average molecular weight is 331 g/mol. The highest BCUT2D eigenvalue weighted by atomic mass is 16.2. The van der Waals surface area contributed by atoms with Gasteiger partial charge in [-0.2, -0.15) is 5.26 Å². The zero-order valence-electron chi connectivity index (χ0n) is 15.2. The Hall–Kier alpha value is -2.13. The minimum atomic E-state index is -0.0148. The van der Waals surface area contributed by atoms with Gasteiger partial charge in [-0.15, -0.1) is 0 Å². The van der Waals surface area contributed by atoms with Crippen molar-refractivity contribution in [3.05, 3.63) is 23.9 Å². The van der Waals surface area contributed by atoms with E-state index in [2.05, 4.69) is 29.0 Å². The van der Waals surface area contributed by atoms with Gasteiger partial charge < -0.3 is 15.1 Å². The van der Waals surface area contributed by atoms with E-state index >= 15 is 0 Å². The Bertz CT molecular complexity index is 533. The van der Waals surface area contributed by atoms with Gasteiger partial charge in [0, 0.05) is 19.3 Å². The molecule has 1 N–H and O–H groups in total. The quantitative estimate of drug-likeness (QED) is 0.710. The number of hydrogen-bond acceptors (Lipinski definition) is 5. The summed E-state index contributed by atoms with van der Waals surface area (Å²) in [6.07, 6.45) is 3.57. The van der Waals surface area contributed by atoms with Crippen LogP contribution >= 0.6 is 0 Å². The molecule has 6 nitrogen and oxygen atoms in total. The maximum atomic E-state index is 12.1. The maximum absolute atomic E-state index is 12.1. The van der Waals surface area contributed by atoms with Crippen LogP contribution in [0.2, 0.25) is 0 Å². The third-order valence-electron chi connectivity index (χ3n) is 4.06. The predicted molar refractivity (Wildman–Crippen MR) is 96.8 cm³/mol. The number of nitrogens with one attached hydrogen (secondary N) is 1. The molecular formula is C18H29N5O. The van der Waals surface area contributed by atoms with Crippen molar-refractivity contribution in [1.29, 1.82) is 5.26 Å². The molecule has 1 amide bonds. The molecule has 1 aromatic heterocycles. The van der Waals surface area contributed by atoms with Crippen molar-refractivity contribution in [3.8, 4) is 6.07 Å². The Balaban J connectivity index is 2.34. The molecular weight excluding hydrogens is 302 g/mol. The minimum absolute atomic E-state index is 0.0148. The number of aromatic nitrogens is 1. The van der Waals surface area contributed by atoms with Gasteiger partial charge in [-0.25, -0.2) is 4.98 Å². The van der Waals surface area contributed by atoms with Crippen LogP contribution in [0.3, 0.4) is 0 Å². The Labute approximate surface area is 145 Å². The van der Waals surface area contributed by atoms with Crippen LogP contribution in [0.4, 0.5) is 5.82 Å². The summed E-state index contributed by atoms with van der Waals surface area (Å²) in [5.74, 6) is 0.664. The monoisotopic (exact) mass is 331 g/mol. The third-order valence-corrected chi connectivity index (χ3v) is 4.06. The van der Waals surface area contributed by atoms with E-state index in [0.29, 0.717) is 11.4 Å². The van der Waals surface area contributed by atoms with Gasteiger partial charge in [0.25, 0.3) is 0 Å². The number of nitrogens with zero attached hydrogens (tertiary/aromatic N) is 4. The van der Waals surface area contributed by atoms with E-state index < -0.39 is 0 Å². The molecule has 0 bridgehead atoms. The van der Waals surface area contributed by atoms with Crippen LogP contribution in [0.1, 0.15) is 39.2 Å². The number of pyridine rings is 1. The van der Waals surface area contributed by atoms with Crippen LogP contribution in [0.15, 0.2) is 18.3 Å². The molecule has 24 heavy (non-hydrogen) atoms. The molecule has 0 saturated carbocycles. The zero-order chi connectivity index (χ0) is 17.9. The first-order valence-electron chi connectivity index (χ1n) is 8.59. The fourth-order valence-electron chi connectivity index (χ4n) is 2.53. The molecule has 0 radical (unpaired) electrons. The second-order valence-corrected chi connectivity index (χ2v) is 6.01. The van der Waals surface area contributed by atoms with Crippen molar-refractivity contribution in [1.82, 2.24) is 15.2 Å². The lowest BCUT2D eigenvalue weighted by atomic mass is 10.1. The molecule has 1 rings (SSSR count). The van der Waals surface area contributed by atoms with Gasteiger partial charge in [0.2, 0.25) is 5.91 Å². The van der Waals surface area contributed by atoms with Gasteiger partial charge in [-0.05, 0) is 51.5 Å². The van der Waals surface area contributed by atoms with Crippen LogP contribution in [0.25, 0.3) is 0 Å². The molecule has 0 spiro atoms. The molecule has 0 aromatic carbocycles. The minimum Gasteiger partial charge on any atom is -0.352 e.